The molecule has 1 N–H and O–H groups in total. The van der Waals surface area contributed by atoms with Crippen molar-refractivity contribution in [1.29, 1.82) is 0 Å². The molecule has 0 bridgehead atoms. The molecule has 0 aliphatic heterocycles. The smallest absolute Gasteiger partial charge is 0.243 e. The van der Waals surface area contributed by atoms with Crippen molar-refractivity contribution in [3.05, 3.63) is 28.2 Å². The van der Waals surface area contributed by atoms with E-state index in [1.807, 2.05) is 0 Å². The van der Waals surface area contributed by atoms with Gasteiger partial charge < -0.3 is 5.11 Å². The lowest BCUT2D eigenvalue weighted by molar-refractivity contribution is 0.281. The molecule has 0 fully saturated rings. The molecule has 0 aromatic heterocycles. The minimum atomic E-state index is -3.47. The van der Waals surface area contributed by atoms with Gasteiger partial charge in [-0.25, -0.2) is 12.7 Å². The second-order valence-corrected chi connectivity index (χ2v) is 7.32. The lowest BCUT2D eigenvalue weighted by atomic mass is 10.2. The number of nitrogens with zero attached hydrogens (tertiary/aromatic N) is 1. The molecule has 0 aliphatic rings. The zero-order chi connectivity index (χ0) is 14.5. The maximum absolute atomic E-state index is 12.4. The van der Waals surface area contributed by atoms with Gasteiger partial charge in [0, 0.05) is 18.1 Å². The molecule has 0 atom stereocenters. The SMILES string of the molecule is CCCCCN(C)S(=O)(=O)c1ccc(CO)cc1Br. The summed E-state index contributed by atoms with van der Waals surface area (Å²) >= 11 is 3.26. The van der Waals surface area contributed by atoms with Gasteiger partial charge in [0.15, 0.2) is 0 Å². The molecule has 6 heteroatoms. The summed E-state index contributed by atoms with van der Waals surface area (Å²) < 4.78 is 26.6. The van der Waals surface area contributed by atoms with Crippen molar-refractivity contribution in [2.24, 2.45) is 0 Å². The molecule has 19 heavy (non-hydrogen) atoms. The fraction of sp³-hybridized carbons (Fsp3) is 0.538. The van der Waals surface area contributed by atoms with Gasteiger partial charge in [0.25, 0.3) is 0 Å². The Kier molecular flexibility index (Phi) is 6.46. The Balaban J connectivity index is 2.93. The third-order valence-electron chi connectivity index (χ3n) is 2.94. The van der Waals surface area contributed by atoms with Crippen LogP contribution in [0.1, 0.15) is 31.7 Å². The first-order valence-electron chi connectivity index (χ1n) is 6.29. The molecule has 1 aromatic carbocycles. The van der Waals surface area contributed by atoms with E-state index in [4.69, 9.17) is 5.11 Å². The number of rotatable bonds is 7. The summed E-state index contributed by atoms with van der Waals surface area (Å²) in [6.07, 6.45) is 2.94. The van der Waals surface area contributed by atoms with Gasteiger partial charge in [-0.2, -0.15) is 0 Å². The summed E-state index contributed by atoms with van der Waals surface area (Å²) in [5, 5.41) is 9.03. The number of halogens is 1. The van der Waals surface area contributed by atoms with Gasteiger partial charge in [0.1, 0.15) is 0 Å². The van der Waals surface area contributed by atoms with Gasteiger partial charge in [-0.3, -0.25) is 0 Å². The quantitative estimate of drug-likeness (QED) is 0.770. The van der Waals surface area contributed by atoms with Crippen molar-refractivity contribution in [1.82, 2.24) is 4.31 Å². The molecule has 0 saturated carbocycles. The van der Waals surface area contributed by atoms with Crippen LogP contribution in [0.3, 0.4) is 0 Å². The van der Waals surface area contributed by atoms with E-state index < -0.39 is 10.0 Å². The van der Waals surface area contributed by atoms with Gasteiger partial charge in [-0.1, -0.05) is 25.8 Å². The summed E-state index contributed by atoms with van der Waals surface area (Å²) in [5.74, 6) is 0. The number of hydrogen-bond donors (Lipinski definition) is 1. The van der Waals surface area contributed by atoms with Crippen LogP contribution >= 0.6 is 15.9 Å². The topological polar surface area (TPSA) is 57.6 Å². The highest BCUT2D eigenvalue weighted by Gasteiger charge is 2.22. The molecule has 108 valence electrons. The molecular formula is C13H20BrNO3S. The number of aliphatic hydroxyl groups is 1. The molecule has 0 aliphatic carbocycles. The van der Waals surface area contributed by atoms with Crippen LogP contribution in [0, 0.1) is 0 Å². The molecule has 0 spiro atoms. The maximum Gasteiger partial charge on any atom is 0.243 e. The first-order valence-corrected chi connectivity index (χ1v) is 8.52. The highest BCUT2D eigenvalue weighted by Crippen LogP contribution is 2.26. The molecule has 0 heterocycles. The number of unbranched alkanes of at least 4 members (excludes halogenated alkanes) is 2. The third kappa shape index (κ3) is 4.27. The second-order valence-electron chi connectivity index (χ2n) is 4.46. The van der Waals surface area contributed by atoms with Gasteiger partial charge in [-0.15, -0.1) is 0 Å². The van der Waals surface area contributed by atoms with Crippen LogP contribution in [0.5, 0.6) is 0 Å². The van der Waals surface area contributed by atoms with Gasteiger partial charge in [-0.05, 0) is 40.0 Å². The van der Waals surface area contributed by atoms with E-state index >= 15 is 0 Å². The molecule has 0 unspecified atom stereocenters. The summed E-state index contributed by atoms with van der Waals surface area (Å²) in [6, 6.07) is 4.78. The van der Waals surface area contributed by atoms with Crippen LogP contribution < -0.4 is 0 Å². The molecule has 0 amide bonds. The predicted octanol–water partition coefficient (Wildman–Crippen LogP) is 2.75. The highest BCUT2D eigenvalue weighted by molar-refractivity contribution is 9.10. The standard InChI is InChI=1S/C13H20BrNO3S/c1-3-4-5-8-15(2)19(17,18)13-7-6-11(10-16)9-12(13)14/h6-7,9,16H,3-5,8,10H2,1-2H3. The van der Waals surface area contributed by atoms with E-state index in [-0.39, 0.29) is 11.5 Å². The monoisotopic (exact) mass is 349 g/mol. The summed E-state index contributed by atoms with van der Waals surface area (Å²) in [6.45, 7) is 2.49. The normalized spacial score (nSPS) is 12.1. The molecule has 1 rings (SSSR count). The Morgan fingerprint density at radius 1 is 1.32 bits per heavy atom. The Hall–Kier alpha value is -0.430. The van der Waals surface area contributed by atoms with Crippen molar-refractivity contribution in [2.45, 2.75) is 37.7 Å². The zero-order valence-electron chi connectivity index (χ0n) is 11.3. The fourth-order valence-corrected chi connectivity index (χ4v) is 4.01. The van der Waals surface area contributed by atoms with Gasteiger partial charge in [0.2, 0.25) is 10.0 Å². The maximum atomic E-state index is 12.4. The van der Waals surface area contributed by atoms with Crippen molar-refractivity contribution in [2.75, 3.05) is 13.6 Å². The number of aliphatic hydroxyl groups excluding tert-OH is 1. The highest BCUT2D eigenvalue weighted by atomic mass is 79.9. The Bertz CT molecular complexity index is 517. The molecule has 1 aromatic rings. The van der Waals surface area contributed by atoms with Crippen LogP contribution in [0.15, 0.2) is 27.6 Å². The zero-order valence-corrected chi connectivity index (χ0v) is 13.7. The van der Waals surface area contributed by atoms with Crippen molar-refractivity contribution in [3.63, 3.8) is 0 Å². The lowest BCUT2D eigenvalue weighted by Gasteiger charge is -2.18. The second kappa shape index (κ2) is 7.38. The fourth-order valence-electron chi connectivity index (χ4n) is 1.72. The summed E-state index contributed by atoms with van der Waals surface area (Å²) in [5.41, 5.74) is 0.680. The lowest BCUT2D eigenvalue weighted by Crippen LogP contribution is -2.28. The van der Waals surface area contributed by atoms with Crippen LogP contribution in [-0.4, -0.2) is 31.4 Å². The largest absolute Gasteiger partial charge is 0.392 e. The Morgan fingerprint density at radius 3 is 2.53 bits per heavy atom. The van der Waals surface area contributed by atoms with Crippen molar-refractivity contribution >= 4 is 26.0 Å². The van der Waals surface area contributed by atoms with Crippen molar-refractivity contribution in [3.8, 4) is 0 Å². The first kappa shape index (κ1) is 16.6. The average Bonchev–Trinajstić information content (AvgIpc) is 2.38. The Labute approximate surface area is 123 Å². The minimum absolute atomic E-state index is 0.106. The van der Waals surface area contributed by atoms with Crippen molar-refractivity contribution < 1.29 is 13.5 Å². The molecule has 0 saturated heterocycles. The third-order valence-corrected chi connectivity index (χ3v) is 5.78. The van der Waals surface area contributed by atoms with E-state index in [0.29, 0.717) is 16.6 Å². The number of hydrogen-bond acceptors (Lipinski definition) is 3. The van der Waals surface area contributed by atoms with Gasteiger partial charge in [0.05, 0.1) is 11.5 Å². The minimum Gasteiger partial charge on any atom is -0.392 e. The van der Waals surface area contributed by atoms with Crippen LogP contribution in [0.4, 0.5) is 0 Å². The van der Waals surface area contributed by atoms with E-state index in [9.17, 15) is 8.42 Å². The van der Waals surface area contributed by atoms with E-state index in [1.54, 1.807) is 19.2 Å². The Morgan fingerprint density at radius 2 is 2.00 bits per heavy atom. The van der Waals surface area contributed by atoms with E-state index in [2.05, 4.69) is 22.9 Å². The molecule has 4 nitrogen and oxygen atoms in total. The molecule has 0 radical (unpaired) electrons. The van der Waals surface area contributed by atoms with Crippen LogP contribution in [-0.2, 0) is 16.6 Å². The van der Waals surface area contributed by atoms with Crippen LogP contribution in [0.25, 0.3) is 0 Å². The van der Waals surface area contributed by atoms with Crippen LogP contribution in [0.2, 0.25) is 0 Å². The van der Waals surface area contributed by atoms with E-state index in [0.717, 1.165) is 19.3 Å². The first-order chi connectivity index (χ1) is 8.93. The predicted molar refractivity (Wildman–Crippen MR) is 79.4 cm³/mol. The average molecular weight is 350 g/mol. The number of sulfonamides is 1. The van der Waals surface area contributed by atoms with E-state index in [1.165, 1.54) is 10.4 Å². The number of benzene rings is 1. The summed E-state index contributed by atoms with van der Waals surface area (Å²) in [4.78, 5) is 0.240. The van der Waals surface area contributed by atoms with Gasteiger partial charge >= 0.3 is 0 Å². The molecular weight excluding hydrogens is 330 g/mol. The summed E-state index contributed by atoms with van der Waals surface area (Å²) in [7, 11) is -1.88.